The molecule has 1 nitrogen and oxygen atoms in total. The second-order valence-electron chi connectivity index (χ2n) is 3.52. The highest BCUT2D eigenvalue weighted by molar-refractivity contribution is 9.10. The number of alkyl halides is 4. The van der Waals surface area contributed by atoms with Gasteiger partial charge in [-0.25, -0.2) is 0 Å². The number of benzene rings is 1. The predicted molar refractivity (Wildman–Crippen MR) is 67.6 cm³/mol. The molecule has 1 aromatic rings. The summed E-state index contributed by atoms with van der Waals surface area (Å²) >= 11 is 8.64. The van der Waals surface area contributed by atoms with E-state index in [9.17, 15) is 13.2 Å². The Kier molecular flexibility index (Phi) is 5.59. The maximum atomic E-state index is 12.4. The molecule has 0 atom stereocenters. The molecule has 96 valence electrons. The lowest BCUT2D eigenvalue weighted by Crippen LogP contribution is -2.07. The molecular weight excluding hydrogens is 318 g/mol. The Bertz CT molecular complexity index is 368. The average molecular weight is 331 g/mol. The van der Waals surface area contributed by atoms with Crippen molar-refractivity contribution >= 4 is 33.2 Å². The minimum atomic E-state index is -4.31. The summed E-state index contributed by atoms with van der Waals surface area (Å²) in [5, 5.41) is 3.05. The lowest BCUT2D eigenvalue weighted by atomic mass is 10.2. The highest BCUT2D eigenvalue weighted by Crippen LogP contribution is 2.33. The first-order valence-electron chi connectivity index (χ1n) is 5.11. The van der Waals surface area contributed by atoms with Gasteiger partial charge in [0.25, 0.3) is 0 Å². The first-order valence-corrected chi connectivity index (χ1v) is 6.44. The maximum absolute atomic E-state index is 12.4. The Morgan fingerprint density at radius 3 is 2.47 bits per heavy atom. The largest absolute Gasteiger partial charge is 0.416 e. The molecule has 0 unspecified atom stereocenters. The number of unbranched alkanes of at least 4 members (excludes halogenated alkanes) is 1. The molecule has 0 spiro atoms. The van der Waals surface area contributed by atoms with Crippen LogP contribution in [0.5, 0.6) is 0 Å². The fraction of sp³-hybridized carbons (Fsp3) is 0.455. The topological polar surface area (TPSA) is 12.0 Å². The molecular formula is C11H12BrClF3N. The molecule has 0 radical (unpaired) electrons. The maximum Gasteiger partial charge on any atom is 0.416 e. The zero-order valence-electron chi connectivity index (χ0n) is 8.95. The van der Waals surface area contributed by atoms with Crippen LogP contribution in [-0.2, 0) is 6.18 Å². The van der Waals surface area contributed by atoms with Gasteiger partial charge in [0.15, 0.2) is 0 Å². The second kappa shape index (κ2) is 6.50. The van der Waals surface area contributed by atoms with Crippen molar-refractivity contribution < 1.29 is 13.2 Å². The predicted octanol–water partition coefficient (Wildman–Crippen LogP) is 4.90. The quantitative estimate of drug-likeness (QED) is 0.598. The van der Waals surface area contributed by atoms with Gasteiger partial charge in [0, 0.05) is 22.6 Å². The third-order valence-corrected chi connectivity index (χ3v) is 3.10. The summed E-state index contributed by atoms with van der Waals surface area (Å²) in [6, 6.07) is 3.56. The molecule has 0 amide bonds. The van der Waals surface area contributed by atoms with Gasteiger partial charge in [-0.05, 0) is 47.0 Å². The molecule has 0 saturated heterocycles. The molecule has 17 heavy (non-hydrogen) atoms. The molecule has 0 aliphatic heterocycles. The molecule has 1 rings (SSSR count). The minimum absolute atomic E-state index is 0.415. The van der Waals surface area contributed by atoms with E-state index in [1.54, 1.807) is 0 Å². The molecule has 1 aromatic carbocycles. The van der Waals surface area contributed by atoms with Crippen molar-refractivity contribution in [3.05, 3.63) is 28.2 Å². The minimum Gasteiger partial charge on any atom is -0.384 e. The van der Waals surface area contributed by atoms with Gasteiger partial charge in [-0.15, -0.1) is 11.6 Å². The summed E-state index contributed by atoms with van der Waals surface area (Å²) < 4.78 is 37.6. The Labute approximate surface area is 111 Å². The van der Waals surface area contributed by atoms with Crippen LogP contribution in [0.1, 0.15) is 18.4 Å². The third-order valence-electron chi connectivity index (χ3n) is 2.17. The number of hydrogen-bond donors (Lipinski definition) is 1. The van der Waals surface area contributed by atoms with Crippen LogP contribution in [0.3, 0.4) is 0 Å². The third kappa shape index (κ3) is 4.76. The molecule has 6 heteroatoms. The lowest BCUT2D eigenvalue weighted by Gasteiger charge is -2.11. The first-order chi connectivity index (χ1) is 7.95. The van der Waals surface area contributed by atoms with Gasteiger partial charge in [0.1, 0.15) is 0 Å². The number of halogens is 5. The van der Waals surface area contributed by atoms with E-state index in [-0.39, 0.29) is 0 Å². The number of anilines is 1. The van der Waals surface area contributed by atoms with Crippen molar-refractivity contribution in [3.63, 3.8) is 0 Å². The van der Waals surface area contributed by atoms with E-state index in [0.717, 1.165) is 25.0 Å². The highest BCUT2D eigenvalue weighted by Gasteiger charge is 2.30. The van der Waals surface area contributed by atoms with Crippen LogP contribution in [0.4, 0.5) is 18.9 Å². The normalized spacial score (nSPS) is 11.6. The number of nitrogens with one attached hydrogen (secondary N) is 1. The summed E-state index contributed by atoms with van der Waals surface area (Å²) in [6.45, 7) is 0.691. The van der Waals surface area contributed by atoms with E-state index in [2.05, 4.69) is 21.2 Å². The fourth-order valence-corrected chi connectivity index (χ4v) is 1.99. The van der Waals surface area contributed by atoms with Crippen LogP contribution in [0.2, 0.25) is 0 Å². The summed E-state index contributed by atoms with van der Waals surface area (Å²) in [5.41, 5.74) is 0.00301. The van der Waals surface area contributed by atoms with Gasteiger partial charge in [0.2, 0.25) is 0 Å². The van der Waals surface area contributed by atoms with Gasteiger partial charge >= 0.3 is 6.18 Å². The smallest absolute Gasteiger partial charge is 0.384 e. The first kappa shape index (κ1) is 14.6. The van der Waals surface area contributed by atoms with Crippen molar-refractivity contribution in [1.82, 2.24) is 0 Å². The summed E-state index contributed by atoms with van der Waals surface area (Å²) in [4.78, 5) is 0. The fourth-order valence-electron chi connectivity index (χ4n) is 1.28. The van der Waals surface area contributed by atoms with Crippen molar-refractivity contribution in [2.24, 2.45) is 0 Å². The lowest BCUT2D eigenvalue weighted by molar-refractivity contribution is -0.137. The summed E-state index contributed by atoms with van der Waals surface area (Å²) in [7, 11) is 0. The highest BCUT2D eigenvalue weighted by atomic mass is 79.9. The van der Waals surface area contributed by atoms with Gasteiger partial charge in [0.05, 0.1) is 5.56 Å². The molecule has 0 fully saturated rings. The van der Waals surface area contributed by atoms with E-state index in [4.69, 9.17) is 11.6 Å². The Balaban J connectivity index is 2.64. The Hall–Kier alpha value is -0.420. The van der Waals surface area contributed by atoms with Gasteiger partial charge in [-0.3, -0.25) is 0 Å². The summed E-state index contributed by atoms with van der Waals surface area (Å²) in [6.07, 6.45) is -2.54. The molecule has 0 heterocycles. The second-order valence-corrected chi connectivity index (χ2v) is 4.75. The van der Waals surface area contributed by atoms with Crippen LogP contribution in [-0.4, -0.2) is 12.4 Å². The SMILES string of the molecule is FC(F)(F)c1ccc(NCCCCCl)c(Br)c1. The van der Waals surface area contributed by atoms with E-state index in [0.29, 0.717) is 22.6 Å². The molecule has 0 bridgehead atoms. The van der Waals surface area contributed by atoms with Crippen LogP contribution in [0.15, 0.2) is 22.7 Å². The van der Waals surface area contributed by atoms with Crippen LogP contribution < -0.4 is 5.32 Å². The molecule has 1 N–H and O–H groups in total. The van der Waals surface area contributed by atoms with Crippen molar-refractivity contribution in [2.45, 2.75) is 19.0 Å². The molecule has 0 aliphatic carbocycles. The molecule has 0 saturated carbocycles. The number of hydrogen-bond acceptors (Lipinski definition) is 1. The van der Waals surface area contributed by atoms with Crippen LogP contribution in [0, 0.1) is 0 Å². The van der Waals surface area contributed by atoms with Crippen molar-refractivity contribution in [3.8, 4) is 0 Å². The summed E-state index contributed by atoms with van der Waals surface area (Å²) in [5.74, 6) is 0.593. The monoisotopic (exact) mass is 329 g/mol. The van der Waals surface area contributed by atoms with E-state index < -0.39 is 11.7 Å². The zero-order chi connectivity index (χ0) is 12.9. The van der Waals surface area contributed by atoms with Crippen molar-refractivity contribution in [1.29, 1.82) is 0 Å². The van der Waals surface area contributed by atoms with Gasteiger partial charge in [-0.2, -0.15) is 13.2 Å². The molecule has 0 aromatic heterocycles. The van der Waals surface area contributed by atoms with E-state index in [1.807, 2.05) is 0 Å². The van der Waals surface area contributed by atoms with Gasteiger partial charge in [-0.1, -0.05) is 0 Å². The standard InChI is InChI=1S/C11H12BrClF3N/c12-9-7-8(11(14,15)16)3-4-10(9)17-6-2-1-5-13/h3-4,7,17H,1-2,5-6H2. The Morgan fingerprint density at radius 1 is 1.24 bits per heavy atom. The van der Waals surface area contributed by atoms with Crippen LogP contribution in [0.25, 0.3) is 0 Å². The zero-order valence-corrected chi connectivity index (χ0v) is 11.3. The van der Waals surface area contributed by atoms with Crippen LogP contribution >= 0.6 is 27.5 Å². The molecule has 0 aliphatic rings. The van der Waals surface area contributed by atoms with E-state index >= 15 is 0 Å². The Morgan fingerprint density at radius 2 is 1.94 bits per heavy atom. The van der Waals surface area contributed by atoms with Gasteiger partial charge < -0.3 is 5.32 Å². The van der Waals surface area contributed by atoms with E-state index in [1.165, 1.54) is 6.07 Å². The van der Waals surface area contributed by atoms with Crippen molar-refractivity contribution in [2.75, 3.05) is 17.7 Å². The number of rotatable bonds is 5. The average Bonchev–Trinajstić information content (AvgIpc) is 2.24.